The van der Waals surface area contributed by atoms with Gasteiger partial charge in [-0.3, -0.25) is 4.99 Å². The van der Waals surface area contributed by atoms with Crippen molar-refractivity contribution in [2.75, 3.05) is 46.6 Å². The molecule has 1 aromatic carbocycles. The molecule has 6 nitrogen and oxygen atoms in total. The maximum atomic E-state index is 5.78. The smallest absolute Gasteiger partial charge is 0.194 e. The minimum absolute atomic E-state index is 0. The van der Waals surface area contributed by atoms with Crippen molar-refractivity contribution in [3.05, 3.63) is 59.5 Å². The first kappa shape index (κ1) is 25.1. The Labute approximate surface area is 208 Å². The van der Waals surface area contributed by atoms with Gasteiger partial charge in [-0.15, -0.1) is 24.0 Å². The molecular weight excluding hydrogens is 517 g/mol. The normalized spacial score (nSPS) is 20.7. The number of fused-ring (bicyclic) bond motifs is 1. The molecule has 0 spiro atoms. The maximum absolute atomic E-state index is 5.78. The summed E-state index contributed by atoms with van der Waals surface area (Å²) in [5.41, 5.74) is 2.96. The summed E-state index contributed by atoms with van der Waals surface area (Å²) in [6.45, 7) is 4.84. The molecule has 2 atom stereocenters. The Hall–Kier alpha value is -1.58. The predicted octanol–water partition coefficient (Wildman–Crippen LogP) is 3.93. The van der Waals surface area contributed by atoms with E-state index in [4.69, 9.17) is 18.9 Å². The first-order valence-electron chi connectivity index (χ1n) is 11.5. The van der Waals surface area contributed by atoms with Crippen LogP contribution in [0.15, 0.2) is 52.1 Å². The number of guanidine groups is 1. The van der Waals surface area contributed by atoms with Gasteiger partial charge in [-0.1, -0.05) is 24.3 Å². The van der Waals surface area contributed by atoms with E-state index in [-0.39, 0.29) is 24.0 Å². The SMILES string of the molecule is COCCOCC1CCN(C(=NCCc2ccco2)NC2CCc3ccccc3C2)C1.I. The molecule has 2 aromatic rings. The van der Waals surface area contributed by atoms with Crippen molar-refractivity contribution in [3.8, 4) is 0 Å². The molecule has 32 heavy (non-hydrogen) atoms. The topological polar surface area (TPSA) is 59.2 Å². The number of furan rings is 1. The summed E-state index contributed by atoms with van der Waals surface area (Å²) in [4.78, 5) is 7.40. The van der Waals surface area contributed by atoms with Crippen LogP contribution in [0.5, 0.6) is 0 Å². The fraction of sp³-hybridized carbons (Fsp3) is 0.560. The lowest BCUT2D eigenvalue weighted by atomic mass is 9.88. The first-order chi connectivity index (χ1) is 15.3. The number of nitrogens with zero attached hydrogens (tertiary/aromatic N) is 2. The Bertz CT molecular complexity index is 828. The maximum Gasteiger partial charge on any atom is 0.194 e. The van der Waals surface area contributed by atoms with Gasteiger partial charge in [0.25, 0.3) is 0 Å². The third kappa shape index (κ3) is 7.22. The third-order valence-electron chi connectivity index (χ3n) is 6.25. The number of halogens is 1. The van der Waals surface area contributed by atoms with Crippen LogP contribution in [-0.2, 0) is 28.7 Å². The second-order valence-electron chi connectivity index (χ2n) is 8.56. The average Bonchev–Trinajstić information content (AvgIpc) is 3.48. The van der Waals surface area contributed by atoms with Gasteiger partial charge in [0.15, 0.2) is 5.96 Å². The van der Waals surface area contributed by atoms with Crippen LogP contribution in [0.3, 0.4) is 0 Å². The molecule has 2 unspecified atom stereocenters. The number of methoxy groups -OCH3 is 1. The molecule has 0 amide bonds. The number of ether oxygens (including phenoxy) is 2. The van der Waals surface area contributed by atoms with E-state index in [1.54, 1.807) is 13.4 Å². The zero-order valence-corrected chi connectivity index (χ0v) is 21.3. The van der Waals surface area contributed by atoms with E-state index >= 15 is 0 Å². The van der Waals surface area contributed by atoms with Crippen molar-refractivity contribution < 1.29 is 13.9 Å². The van der Waals surface area contributed by atoms with Crippen LogP contribution in [0.25, 0.3) is 0 Å². The van der Waals surface area contributed by atoms with Crippen molar-refractivity contribution in [1.29, 1.82) is 0 Å². The highest BCUT2D eigenvalue weighted by atomic mass is 127. The van der Waals surface area contributed by atoms with Crippen LogP contribution in [0, 0.1) is 5.92 Å². The summed E-state index contributed by atoms with van der Waals surface area (Å²) in [5.74, 6) is 2.57. The van der Waals surface area contributed by atoms with Gasteiger partial charge in [-0.2, -0.15) is 0 Å². The number of hydrogen-bond acceptors (Lipinski definition) is 4. The molecule has 1 aliphatic heterocycles. The Kier molecular flexibility index (Phi) is 10.3. The van der Waals surface area contributed by atoms with E-state index in [1.165, 1.54) is 11.1 Å². The van der Waals surface area contributed by atoms with E-state index in [1.807, 2.05) is 12.1 Å². The van der Waals surface area contributed by atoms with Crippen molar-refractivity contribution in [2.24, 2.45) is 10.9 Å². The van der Waals surface area contributed by atoms with Crippen LogP contribution in [-0.4, -0.2) is 63.5 Å². The number of rotatable bonds is 9. The monoisotopic (exact) mass is 553 g/mol. The lowest BCUT2D eigenvalue weighted by Crippen LogP contribution is -2.47. The fourth-order valence-corrected chi connectivity index (χ4v) is 4.52. The summed E-state index contributed by atoms with van der Waals surface area (Å²) in [7, 11) is 1.71. The number of hydrogen-bond donors (Lipinski definition) is 1. The van der Waals surface area contributed by atoms with E-state index in [2.05, 4.69) is 34.5 Å². The van der Waals surface area contributed by atoms with Gasteiger partial charge in [0.2, 0.25) is 0 Å². The molecule has 7 heteroatoms. The lowest BCUT2D eigenvalue weighted by Gasteiger charge is -2.30. The summed E-state index contributed by atoms with van der Waals surface area (Å²) in [5, 5.41) is 3.80. The summed E-state index contributed by atoms with van der Waals surface area (Å²) in [6.07, 6.45) is 7.02. The summed E-state index contributed by atoms with van der Waals surface area (Å²) < 4.78 is 16.3. The van der Waals surface area contributed by atoms with Gasteiger partial charge >= 0.3 is 0 Å². The number of aliphatic imine (C=N–C) groups is 1. The zero-order chi connectivity index (χ0) is 21.3. The number of benzene rings is 1. The lowest BCUT2D eigenvalue weighted by molar-refractivity contribution is 0.0536. The van der Waals surface area contributed by atoms with Crippen LogP contribution in [0.1, 0.15) is 29.7 Å². The molecular formula is C25H36IN3O3. The zero-order valence-electron chi connectivity index (χ0n) is 19.0. The Morgan fingerprint density at radius 1 is 1.16 bits per heavy atom. The molecule has 1 aromatic heterocycles. The van der Waals surface area contributed by atoms with Crippen LogP contribution in [0.4, 0.5) is 0 Å². The highest BCUT2D eigenvalue weighted by Gasteiger charge is 2.27. The molecule has 1 fully saturated rings. The second kappa shape index (κ2) is 13.2. The first-order valence-corrected chi connectivity index (χ1v) is 11.5. The summed E-state index contributed by atoms with van der Waals surface area (Å²) in [6, 6.07) is 13.2. The molecule has 2 heterocycles. The average molecular weight is 553 g/mol. The molecule has 0 saturated carbocycles. The van der Waals surface area contributed by atoms with Crippen LogP contribution >= 0.6 is 24.0 Å². The molecule has 4 rings (SSSR count). The Balaban J connectivity index is 0.00000289. The predicted molar refractivity (Wildman–Crippen MR) is 138 cm³/mol. The molecule has 1 aliphatic carbocycles. The van der Waals surface area contributed by atoms with Crippen molar-refractivity contribution in [3.63, 3.8) is 0 Å². The molecule has 0 radical (unpaired) electrons. The quantitative estimate of drug-likeness (QED) is 0.221. The van der Waals surface area contributed by atoms with Crippen molar-refractivity contribution in [2.45, 2.75) is 38.1 Å². The second-order valence-corrected chi connectivity index (χ2v) is 8.56. The van der Waals surface area contributed by atoms with Crippen LogP contribution in [0.2, 0.25) is 0 Å². The minimum Gasteiger partial charge on any atom is -0.469 e. The van der Waals surface area contributed by atoms with Gasteiger partial charge in [-0.25, -0.2) is 0 Å². The molecule has 2 aliphatic rings. The van der Waals surface area contributed by atoms with Crippen molar-refractivity contribution in [1.82, 2.24) is 10.2 Å². The van der Waals surface area contributed by atoms with E-state index in [9.17, 15) is 0 Å². The third-order valence-corrected chi connectivity index (χ3v) is 6.25. The Morgan fingerprint density at radius 2 is 2.03 bits per heavy atom. The van der Waals surface area contributed by atoms with Gasteiger partial charge in [-0.05, 0) is 48.9 Å². The summed E-state index contributed by atoms with van der Waals surface area (Å²) >= 11 is 0. The highest BCUT2D eigenvalue weighted by Crippen LogP contribution is 2.22. The molecule has 1 N–H and O–H groups in total. The highest BCUT2D eigenvalue weighted by molar-refractivity contribution is 14.0. The largest absolute Gasteiger partial charge is 0.469 e. The van der Waals surface area contributed by atoms with Gasteiger partial charge in [0.1, 0.15) is 5.76 Å². The fourth-order valence-electron chi connectivity index (χ4n) is 4.52. The van der Waals surface area contributed by atoms with E-state index in [0.29, 0.717) is 25.2 Å². The van der Waals surface area contributed by atoms with E-state index < -0.39 is 0 Å². The minimum atomic E-state index is 0. The van der Waals surface area contributed by atoms with Crippen molar-refractivity contribution >= 4 is 29.9 Å². The van der Waals surface area contributed by atoms with Gasteiger partial charge < -0.3 is 24.1 Å². The van der Waals surface area contributed by atoms with E-state index in [0.717, 1.165) is 70.1 Å². The van der Waals surface area contributed by atoms with Gasteiger partial charge in [0, 0.05) is 45.1 Å². The number of aryl methyl sites for hydroxylation is 1. The Morgan fingerprint density at radius 3 is 2.84 bits per heavy atom. The molecule has 1 saturated heterocycles. The number of nitrogens with one attached hydrogen (secondary N) is 1. The molecule has 0 bridgehead atoms. The van der Waals surface area contributed by atoms with Gasteiger partial charge in [0.05, 0.1) is 26.1 Å². The van der Waals surface area contributed by atoms with Crippen LogP contribution < -0.4 is 5.32 Å². The molecule has 176 valence electrons. The standard InChI is InChI=1S/C25H35N3O3.HI/c1-29-15-16-30-19-20-11-13-28(18-20)25(26-12-10-24-7-4-14-31-24)27-23-9-8-21-5-2-3-6-22(21)17-23;/h2-7,14,20,23H,8-13,15-19H2,1H3,(H,26,27);1H. The number of likely N-dealkylation sites (tertiary alicyclic amines) is 1.